The summed E-state index contributed by atoms with van der Waals surface area (Å²) in [6, 6.07) is 16.4. The van der Waals surface area contributed by atoms with Crippen LogP contribution in [0.3, 0.4) is 0 Å². The number of carbonyl (C=O) groups excluding carboxylic acids is 2. The Morgan fingerprint density at radius 3 is 2.23 bits per heavy atom. The Bertz CT molecular complexity index is 715. The van der Waals surface area contributed by atoms with E-state index < -0.39 is 0 Å². The Morgan fingerprint density at radius 1 is 0.962 bits per heavy atom. The Balaban J connectivity index is 1.74. The molecule has 0 aliphatic heterocycles. The summed E-state index contributed by atoms with van der Waals surface area (Å²) >= 11 is 0. The van der Waals surface area contributed by atoms with Gasteiger partial charge in [-0.15, -0.1) is 0 Å². The molecule has 0 bridgehead atoms. The first-order valence-corrected chi connectivity index (χ1v) is 8.43. The van der Waals surface area contributed by atoms with Crippen LogP contribution in [0, 0.1) is 0 Å². The Labute approximate surface area is 154 Å². The summed E-state index contributed by atoms with van der Waals surface area (Å²) in [4.78, 5) is 27.4. The van der Waals surface area contributed by atoms with Crippen LogP contribution >= 0.6 is 0 Å². The molecule has 2 aromatic rings. The van der Waals surface area contributed by atoms with Gasteiger partial charge in [0.1, 0.15) is 12.4 Å². The number of para-hydroxylation sites is 1. The van der Waals surface area contributed by atoms with Crippen molar-refractivity contribution in [1.29, 1.82) is 0 Å². The van der Waals surface area contributed by atoms with Gasteiger partial charge >= 0.3 is 0 Å². The highest BCUT2D eigenvalue weighted by molar-refractivity contribution is 5.95. The zero-order valence-electron chi connectivity index (χ0n) is 15.4. The molecule has 0 aliphatic carbocycles. The summed E-state index contributed by atoms with van der Waals surface area (Å²) < 4.78 is 5.62. The second-order valence-electron chi connectivity index (χ2n) is 6.22. The largest absolute Gasteiger partial charge is 0.492 e. The second kappa shape index (κ2) is 9.58. The van der Waals surface area contributed by atoms with Gasteiger partial charge in [-0.1, -0.05) is 18.2 Å². The third-order valence-electron chi connectivity index (χ3n) is 3.72. The van der Waals surface area contributed by atoms with E-state index in [9.17, 15) is 9.59 Å². The van der Waals surface area contributed by atoms with E-state index in [0.717, 1.165) is 5.75 Å². The van der Waals surface area contributed by atoms with Crippen LogP contribution < -0.4 is 10.1 Å². The van der Waals surface area contributed by atoms with E-state index in [0.29, 0.717) is 24.4 Å². The molecule has 6 heteroatoms. The molecule has 1 N–H and O–H groups in total. The van der Waals surface area contributed by atoms with E-state index in [2.05, 4.69) is 5.32 Å². The molecule has 6 nitrogen and oxygen atoms in total. The standard InChI is InChI=1S/C20H25N3O3/c1-22(2)20(25)16-9-11-17(12-10-16)21-19(24)15-23(3)13-14-26-18-7-5-4-6-8-18/h4-12H,13-15H2,1-3H3,(H,21,24). The van der Waals surface area contributed by atoms with E-state index in [1.807, 2.05) is 42.3 Å². The lowest BCUT2D eigenvalue weighted by Gasteiger charge is -2.17. The molecule has 0 saturated carbocycles. The van der Waals surface area contributed by atoms with Gasteiger partial charge in [0.05, 0.1) is 6.54 Å². The molecule has 0 aliphatic rings. The number of hydrogen-bond acceptors (Lipinski definition) is 4. The highest BCUT2D eigenvalue weighted by Crippen LogP contribution is 2.11. The number of nitrogens with one attached hydrogen (secondary N) is 1. The number of anilines is 1. The number of carbonyl (C=O) groups is 2. The van der Waals surface area contributed by atoms with E-state index in [4.69, 9.17) is 4.74 Å². The lowest BCUT2D eigenvalue weighted by Crippen LogP contribution is -2.33. The summed E-state index contributed by atoms with van der Waals surface area (Å²) in [6.07, 6.45) is 0. The van der Waals surface area contributed by atoms with Crippen molar-refractivity contribution in [3.05, 3.63) is 60.2 Å². The van der Waals surface area contributed by atoms with E-state index >= 15 is 0 Å². The second-order valence-corrected chi connectivity index (χ2v) is 6.22. The molecule has 0 heterocycles. The SMILES string of the molecule is CN(CCOc1ccccc1)CC(=O)Nc1ccc(C(=O)N(C)C)cc1. The molecule has 26 heavy (non-hydrogen) atoms. The van der Waals surface area contributed by atoms with Crippen molar-refractivity contribution in [3.63, 3.8) is 0 Å². The number of rotatable bonds is 8. The summed E-state index contributed by atoms with van der Waals surface area (Å²) in [5.74, 6) is 0.637. The zero-order chi connectivity index (χ0) is 18.9. The molecule has 0 saturated heterocycles. The van der Waals surface area contributed by atoms with Gasteiger partial charge in [0.15, 0.2) is 0 Å². The average molecular weight is 355 g/mol. The molecule has 0 spiro atoms. The summed E-state index contributed by atoms with van der Waals surface area (Å²) in [7, 11) is 5.28. The topological polar surface area (TPSA) is 61.9 Å². The Kier molecular flexibility index (Phi) is 7.17. The maximum absolute atomic E-state index is 12.1. The van der Waals surface area contributed by atoms with Crippen LogP contribution in [0.15, 0.2) is 54.6 Å². The molecule has 2 rings (SSSR count). The Hall–Kier alpha value is -2.86. The van der Waals surface area contributed by atoms with Crippen molar-refractivity contribution in [2.45, 2.75) is 0 Å². The molecule has 0 atom stereocenters. The molecular weight excluding hydrogens is 330 g/mol. The van der Waals surface area contributed by atoms with Gasteiger partial charge in [-0.25, -0.2) is 0 Å². The number of hydrogen-bond donors (Lipinski definition) is 1. The lowest BCUT2D eigenvalue weighted by atomic mass is 10.2. The molecule has 2 aromatic carbocycles. The van der Waals surface area contributed by atoms with E-state index in [-0.39, 0.29) is 18.4 Å². The minimum absolute atomic E-state index is 0.0685. The van der Waals surface area contributed by atoms with Gasteiger partial charge in [-0.05, 0) is 43.4 Å². The first kappa shape index (κ1) is 19.5. The van der Waals surface area contributed by atoms with Crippen LogP contribution in [-0.4, -0.2) is 62.5 Å². The van der Waals surface area contributed by atoms with Crippen LogP contribution in [0.4, 0.5) is 5.69 Å². The fourth-order valence-electron chi connectivity index (χ4n) is 2.32. The van der Waals surface area contributed by atoms with E-state index in [1.165, 1.54) is 4.90 Å². The summed E-state index contributed by atoms with van der Waals surface area (Å²) in [5, 5.41) is 2.83. The average Bonchev–Trinajstić information content (AvgIpc) is 2.62. The number of ether oxygens (including phenoxy) is 1. The number of nitrogens with zero attached hydrogens (tertiary/aromatic N) is 2. The lowest BCUT2D eigenvalue weighted by molar-refractivity contribution is -0.117. The van der Waals surface area contributed by atoms with Gasteiger partial charge in [0, 0.05) is 31.9 Å². The summed E-state index contributed by atoms with van der Waals surface area (Å²) in [6.45, 7) is 1.41. The predicted octanol–water partition coefficient (Wildman–Crippen LogP) is 2.34. The highest BCUT2D eigenvalue weighted by Gasteiger charge is 2.10. The molecule has 2 amide bonds. The van der Waals surface area contributed by atoms with Crippen LogP contribution in [0.25, 0.3) is 0 Å². The minimum atomic E-state index is -0.112. The van der Waals surface area contributed by atoms with E-state index in [1.54, 1.807) is 38.4 Å². The zero-order valence-corrected chi connectivity index (χ0v) is 15.4. The number of benzene rings is 2. The smallest absolute Gasteiger partial charge is 0.253 e. The van der Waals surface area contributed by atoms with Crippen molar-refractivity contribution in [3.8, 4) is 5.75 Å². The maximum atomic E-state index is 12.1. The maximum Gasteiger partial charge on any atom is 0.253 e. The van der Waals surface area contributed by atoms with Crippen LogP contribution in [0.2, 0.25) is 0 Å². The first-order chi connectivity index (χ1) is 12.5. The number of likely N-dealkylation sites (N-methyl/N-ethyl adjacent to an activating group) is 1. The molecule has 0 fully saturated rings. The molecule has 0 radical (unpaired) electrons. The molecule has 0 unspecified atom stereocenters. The van der Waals surface area contributed by atoms with Crippen molar-refractivity contribution in [1.82, 2.24) is 9.80 Å². The normalized spacial score (nSPS) is 10.5. The molecule has 138 valence electrons. The highest BCUT2D eigenvalue weighted by atomic mass is 16.5. The minimum Gasteiger partial charge on any atom is -0.492 e. The van der Waals surface area contributed by atoms with Crippen molar-refractivity contribution < 1.29 is 14.3 Å². The quantitative estimate of drug-likeness (QED) is 0.790. The van der Waals surface area contributed by atoms with Gasteiger partial charge < -0.3 is 15.0 Å². The van der Waals surface area contributed by atoms with Gasteiger partial charge in [-0.2, -0.15) is 0 Å². The predicted molar refractivity (Wildman–Crippen MR) is 103 cm³/mol. The van der Waals surface area contributed by atoms with Crippen LogP contribution in [0.5, 0.6) is 5.75 Å². The monoisotopic (exact) mass is 355 g/mol. The van der Waals surface area contributed by atoms with Crippen LogP contribution in [0.1, 0.15) is 10.4 Å². The summed E-state index contributed by atoms with van der Waals surface area (Å²) in [5.41, 5.74) is 1.25. The van der Waals surface area contributed by atoms with Gasteiger partial charge in [-0.3, -0.25) is 14.5 Å². The van der Waals surface area contributed by atoms with Crippen molar-refractivity contribution in [2.24, 2.45) is 0 Å². The fraction of sp³-hybridized carbons (Fsp3) is 0.300. The van der Waals surface area contributed by atoms with Crippen molar-refractivity contribution >= 4 is 17.5 Å². The molecule has 0 aromatic heterocycles. The van der Waals surface area contributed by atoms with Gasteiger partial charge in [0.25, 0.3) is 5.91 Å². The molecular formula is C20H25N3O3. The fourth-order valence-corrected chi connectivity index (χ4v) is 2.32. The van der Waals surface area contributed by atoms with Crippen LogP contribution in [-0.2, 0) is 4.79 Å². The third kappa shape index (κ3) is 6.22. The van der Waals surface area contributed by atoms with Crippen molar-refractivity contribution in [2.75, 3.05) is 46.2 Å². The Morgan fingerprint density at radius 2 is 1.62 bits per heavy atom. The number of amides is 2. The third-order valence-corrected chi connectivity index (χ3v) is 3.72. The van der Waals surface area contributed by atoms with Gasteiger partial charge in [0.2, 0.25) is 5.91 Å². The first-order valence-electron chi connectivity index (χ1n) is 8.43.